The summed E-state index contributed by atoms with van der Waals surface area (Å²) in [5, 5.41) is 4.45. The zero-order valence-corrected chi connectivity index (χ0v) is 11.2. The molecule has 0 spiro atoms. The first kappa shape index (κ1) is 11.4. The van der Waals surface area contributed by atoms with E-state index in [9.17, 15) is 0 Å². The van der Waals surface area contributed by atoms with Crippen LogP contribution >= 0.6 is 22.9 Å². The van der Waals surface area contributed by atoms with Crippen LogP contribution in [0, 0.1) is 0 Å². The first-order valence-corrected chi connectivity index (χ1v) is 6.71. The molecule has 1 nitrogen and oxygen atoms in total. The van der Waals surface area contributed by atoms with E-state index >= 15 is 0 Å². The maximum absolute atomic E-state index is 6.48. The van der Waals surface area contributed by atoms with Crippen LogP contribution in [0.4, 0.5) is 0 Å². The van der Waals surface area contributed by atoms with Gasteiger partial charge < -0.3 is 5.32 Å². The Kier molecular flexibility index (Phi) is 3.11. The molecular weight excluding hydrogens is 226 g/mol. The number of nitrogens with one attached hydrogen (secondary N) is 1. The highest BCUT2D eigenvalue weighted by molar-refractivity contribution is 7.13. The van der Waals surface area contributed by atoms with Gasteiger partial charge in [-0.3, -0.25) is 0 Å². The second-order valence-electron chi connectivity index (χ2n) is 5.15. The van der Waals surface area contributed by atoms with Crippen LogP contribution in [-0.2, 0) is 18.3 Å². The average molecular weight is 244 g/mol. The number of halogens is 1. The number of fused-ring (bicyclic) bond motifs is 1. The van der Waals surface area contributed by atoms with Gasteiger partial charge in [0.15, 0.2) is 0 Å². The summed E-state index contributed by atoms with van der Waals surface area (Å²) in [7, 11) is 0. The van der Waals surface area contributed by atoms with E-state index in [0.717, 1.165) is 31.0 Å². The summed E-state index contributed by atoms with van der Waals surface area (Å²) in [6.07, 6.45) is 2.22. The van der Waals surface area contributed by atoms with E-state index in [4.69, 9.17) is 11.6 Å². The molecule has 0 radical (unpaired) electrons. The van der Waals surface area contributed by atoms with Crippen molar-refractivity contribution in [2.75, 3.05) is 13.1 Å². The third kappa shape index (κ3) is 2.22. The molecule has 84 valence electrons. The Labute approximate surface area is 101 Å². The number of hydrogen-bond acceptors (Lipinski definition) is 2. The minimum atomic E-state index is 0.182. The van der Waals surface area contributed by atoms with E-state index in [1.165, 1.54) is 15.3 Å². The molecule has 0 atom stereocenters. The molecule has 0 bridgehead atoms. The molecule has 1 aromatic rings. The summed E-state index contributed by atoms with van der Waals surface area (Å²) in [6, 6.07) is 0. The summed E-state index contributed by atoms with van der Waals surface area (Å²) in [5.41, 5.74) is 1.58. The van der Waals surface area contributed by atoms with Crippen LogP contribution in [0.15, 0.2) is 0 Å². The lowest BCUT2D eigenvalue weighted by molar-refractivity contribution is 0.603. The summed E-state index contributed by atoms with van der Waals surface area (Å²) in [4.78, 5) is 2.85. The third-order valence-electron chi connectivity index (χ3n) is 2.79. The van der Waals surface area contributed by atoms with Crippen molar-refractivity contribution in [1.29, 1.82) is 0 Å². The molecule has 0 amide bonds. The molecule has 3 heteroatoms. The summed E-state index contributed by atoms with van der Waals surface area (Å²) >= 11 is 8.39. The Morgan fingerprint density at radius 2 is 1.87 bits per heavy atom. The molecule has 2 heterocycles. The highest BCUT2D eigenvalue weighted by atomic mass is 35.5. The fourth-order valence-electron chi connectivity index (χ4n) is 1.96. The number of rotatable bonds is 0. The van der Waals surface area contributed by atoms with Gasteiger partial charge in [-0.15, -0.1) is 11.3 Å². The van der Waals surface area contributed by atoms with Gasteiger partial charge in [-0.25, -0.2) is 0 Å². The van der Waals surface area contributed by atoms with Crippen LogP contribution in [-0.4, -0.2) is 13.1 Å². The van der Waals surface area contributed by atoms with Crippen LogP contribution in [0.2, 0.25) is 5.02 Å². The van der Waals surface area contributed by atoms with Crippen molar-refractivity contribution in [2.45, 2.75) is 39.0 Å². The second kappa shape index (κ2) is 4.08. The van der Waals surface area contributed by atoms with Crippen LogP contribution in [0.1, 0.15) is 36.1 Å². The van der Waals surface area contributed by atoms with Crippen molar-refractivity contribution in [3.8, 4) is 0 Å². The highest BCUT2D eigenvalue weighted by Gasteiger charge is 2.25. The van der Waals surface area contributed by atoms with Gasteiger partial charge in [0.1, 0.15) is 0 Å². The molecule has 0 fully saturated rings. The lowest BCUT2D eigenvalue weighted by Gasteiger charge is -2.17. The summed E-state index contributed by atoms with van der Waals surface area (Å²) in [6.45, 7) is 8.87. The van der Waals surface area contributed by atoms with Crippen LogP contribution in [0.3, 0.4) is 0 Å². The lowest BCUT2D eigenvalue weighted by atomic mass is 9.93. The Bertz CT molecular complexity index is 362. The fraction of sp³-hybridized carbons (Fsp3) is 0.667. The third-order valence-corrected chi connectivity index (χ3v) is 5.03. The maximum atomic E-state index is 6.48. The standard InChI is InChI=1S/C12H18ClNS/c1-12(2,3)11-10(13)8-4-6-14-7-5-9(8)15-11/h14H,4-7H2,1-3H3. The van der Waals surface area contributed by atoms with Gasteiger partial charge in [-0.2, -0.15) is 0 Å². The highest BCUT2D eigenvalue weighted by Crippen LogP contribution is 2.41. The molecular formula is C12H18ClNS. The van der Waals surface area contributed by atoms with Crippen LogP contribution in [0.25, 0.3) is 0 Å². The number of hydrogen-bond donors (Lipinski definition) is 1. The molecule has 1 N–H and O–H groups in total. The van der Waals surface area contributed by atoms with Gasteiger partial charge in [0, 0.05) is 9.75 Å². The quantitative estimate of drug-likeness (QED) is 0.737. The monoisotopic (exact) mass is 243 g/mol. The molecule has 2 rings (SSSR count). The molecule has 1 aliphatic heterocycles. The Morgan fingerprint density at radius 3 is 2.53 bits per heavy atom. The molecule has 0 unspecified atom stereocenters. The predicted octanol–water partition coefficient (Wildman–Crippen LogP) is 3.39. The van der Waals surface area contributed by atoms with E-state index in [0.29, 0.717) is 0 Å². The first-order valence-electron chi connectivity index (χ1n) is 5.51. The van der Waals surface area contributed by atoms with Gasteiger partial charge in [-0.1, -0.05) is 32.4 Å². The molecule has 0 aliphatic carbocycles. The molecule has 1 aliphatic rings. The van der Waals surface area contributed by atoms with Gasteiger partial charge in [0.05, 0.1) is 5.02 Å². The fourth-order valence-corrected chi connectivity index (χ4v) is 3.92. The second-order valence-corrected chi connectivity index (χ2v) is 6.63. The SMILES string of the molecule is CC(C)(C)c1sc2c(c1Cl)CCNCC2. The summed E-state index contributed by atoms with van der Waals surface area (Å²) in [5.74, 6) is 0. The zero-order valence-electron chi connectivity index (χ0n) is 9.61. The normalized spacial score (nSPS) is 17.3. The van der Waals surface area contributed by atoms with Gasteiger partial charge >= 0.3 is 0 Å². The molecule has 0 saturated heterocycles. The van der Waals surface area contributed by atoms with E-state index in [2.05, 4.69) is 26.1 Å². The van der Waals surface area contributed by atoms with Crippen molar-refractivity contribution in [3.05, 3.63) is 20.3 Å². The molecule has 0 aromatic carbocycles. The Morgan fingerprint density at radius 1 is 1.20 bits per heavy atom. The largest absolute Gasteiger partial charge is 0.316 e. The van der Waals surface area contributed by atoms with E-state index in [1.807, 2.05) is 11.3 Å². The minimum Gasteiger partial charge on any atom is -0.316 e. The van der Waals surface area contributed by atoms with Gasteiger partial charge in [0.2, 0.25) is 0 Å². The molecule has 15 heavy (non-hydrogen) atoms. The van der Waals surface area contributed by atoms with Crippen molar-refractivity contribution in [2.24, 2.45) is 0 Å². The average Bonchev–Trinajstić information content (AvgIpc) is 2.36. The van der Waals surface area contributed by atoms with E-state index in [1.54, 1.807) is 0 Å². The van der Waals surface area contributed by atoms with Crippen LogP contribution in [0.5, 0.6) is 0 Å². The summed E-state index contributed by atoms with van der Waals surface area (Å²) < 4.78 is 0. The Hall–Kier alpha value is -0.0500. The predicted molar refractivity (Wildman–Crippen MR) is 68.3 cm³/mol. The lowest BCUT2D eigenvalue weighted by Crippen LogP contribution is -2.16. The van der Waals surface area contributed by atoms with Crippen molar-refractivity contribution < 1.29 is 0 Å². The zero-order chi connectivity index (χ0) is 11.1. The number of thiophene rings is 1. The molecule has 1 aromatic heterocycles. The maximum Gasteiger partial charge on any atom is 0.0585 e. The smallest absolute Gasteiger partial charge is 0.0585 e. The van der Waals surface area contributed by atoms with E-state index in [-0.39, 0.29) is 5.41 Å². The van der Waals surface area contributed by atoms with Gasteiger partial charge in [0.25, 0.3) is 0 Å². The van der Waals surface area contributed by atoms with Crippen molar-refractivity contribution >= 4 is 22.9 Å². The van der Waals surface area contributed by atoms with Crippen LogP contribution < -0.4 is 5.32 Å². The van der Waals surface area contributed by atoms with E-state index < -0.39 is 0 Å². The minimum absolute atomic E-state index is 0.182. The first-order chi connectivity index (χ1) is 7.00. The topological polar surface area (TPSA) is 12.0 Å². The van der Waals surface area contributed by atoms with Crippen molar-refractivity contribution in [3.63, 3.8) is 0 Å². The van der Waals surface area contributed by atoms with Gasteiger partial charge in [-0.05, 0) is 36.9 Å². The Balaban J connectivity index is 2.45. The van der Waals surface area contributed by atoms with Crippen molar-refractivity contribution in [1.82, 2.24) is 5.32 Å². The molecule has 0 saturated carbocycles.